The summed E-state index contributed by atoms with van der Waals surface area (Å²) >= 11 is 7.04. The molecule has 0 spiro atoms. The smallest absolute Gasteiger partial charge is 0.332 e. The minimum atomic E-state index is -0.0901. The van der Waals surface area contributed by atoms with Crippen molar-refractivity contribution in [2.45, 2.75) is 59.3 Å². The maximum atomic E-state index is 13.1. The number of carbonyl (C=O) groups excluding carboxylic acids is 1. The minimum absolute atomic E-state index is 0.0901. The fraction of sp³-hybridized carbons (Fsp3) is 0.636. The van der Waals surface area contributed by atoms with Crippen LogP contribution in [0.25, 0.3) is 0 Å². The summed E-state index contributed by atoms with van der Waals surface area (Å²) in [5.41, 5.74) is 3.12. The van der Waals surface area contributed by atoms with Crippen molar-refractivity contribution in [1.82, 2.24) is 10.2 Å². The molecule has 1 N–H and O–H groups in total. The van der Waals surface area contributed by atoms with Crippen molar-refractivity contribution in [1.29, 1.82) is 0 Å². The molecule has 1 aromatic rings. The molecule has 1 aromatic carbocycles. The van der Waals surface area contributed by atoms with E-state index in [0.29, 0.717) is 6.54 Å². The van der Waals surface area contributed by atoms with Gasteiger partial charge in [-0.05, 0) is 56.9 Å². The van der Waals surface area contributed by atoms with Crippen LogP contribution in [0.15, 0.2) is 18.2 Å². The van der Waals surface area contributed by atoms with E-state index in [2.05, 4.69) is 55.1 Å². The molecule has 1 aliphatic rings. The molecular weight excluding hydrogens is 400 g/mol. The van der Waals surface area contributed by atoms with Crippen molar-refractivity contribution in [3.63, 3.8) is 0 Å². The Morgan fingerprint density at radius 2 is 1.93 bits per heavy atom. The van der Waals surface area contributed by atoms with Gasteiger partial charge >= 0.3 is 6.03 Å². The Morgan fingerprint density at radius 1 is 1.21 bits per heavy atom. The number of aryl methyl sites for hydroxylation is 1. The summed E-state index contributed by atoms with van der Waals surface area (Å²) in [4.78, 5) is 17.5. The van der Waals surface area contributed by atoms with Crippen LogP contribution in [0.3, 0.4) is 0 Å². The molecule has 2 rings (SSSR count). The van der Waals surface area contributed by atoms with E-state index in [0.717, 1.165) is 53.7 Å². The van der Waals surface area contributed by atoms with Crippen LogP contribution in [0.5, 0.6) is 0 Å². The summed E-state index contributed by atoms with van der Waals surface area (Å²) in [5, 5.41) is 3.09. The highest BCUT2D eigenvalue weighted by atomic mass is 32.2. The van der Waals surface area contributed by atoms with Crippen LogP contribution >= 0.6 is 24.2 Å². The highest BCUT2D eigenvalue weighted by Crippen LogP contribution is 2.31. The number of hydrogen-bond donors (Lipinski definition) is 1. The zero-order valence-electron chi connectivity index (χ0n) is 18.4. The lowest BCUT2D eigenvalue weighted by Gasteiger charge is -2.27. The van der Waals surface area contributed by atoms with Crippen LogP contribution in [0.2, 0.25) is 0 Å². The topological polar surface area (TPSA) is 38.8 Å². The third-order valence-electron chi connectivity index (χ3n) is 5.34. The maximum absolute atomic E-state index is 13.1. The molecule has 1 aliphatic heterocycles. The van der Waals surface area contributed by atoms with Crippen LogP contribution < -0.4 is 14.5 Å². The molecule has 1 fully saturated rings. The lowest BCUT2D eigenvalue weighted by molar-refractivity contribution is 0.249. The van der Waals surface area contributed by atoms with Crippen LogP contribution in [0.1, 0.15) is 57.9 Å². The molecular formula is C22H36N4OS2. The lowest BCUT2D eigenvalue weighted by Crippen LogP contribution is -2.39. The zero-order chi connectivity index (χ0) is 21.2. The van der Waals surface area contributed by atoms with Gasteiger partial charge in [0.15, 0.2) is 4.32 Å². The lowest BCUT2D eigenvalue weighted by atomic mass is 10.1. The average molecular weight is 437 g/mol. The molecule has 0 aromatic heterocycles. The number of unbranched alkanes of at least 4 members (excludes halogenated alkanes) is 3. The third-order valence-corrected chi connectivity index (χ3v) is 6.78. The standard InChI is InChI=1S/C22H36N4OS2/c1-5-7-8-9-14-23-21(27)26(29-22(28)25-15-10-11-16-25)20-13-12-19(17-18(20)3)24(4)6-2/h12-13,17H,5-11,14-16H2,1-4H3,(H,23,27). The Morgan fingerprint density at radius 3 is 2.55 bits per heavy atom. The molecule has 1 heterocycles. The first-order chi connectivity index (χ1) is 14.0. The summed E-state index contributed by atoms with van der Waals surface area (Å²) in [6, 6.07) is 6.16. The molecule has 1 saturated heterocycles. The van der Waals surface area contributed by atoms with Gasteiger partial charge in [-0.15, -0.1) is 0 Å². The largest absolute Gasteiger partial charge is 0.375 e. The van der Waals surface area contributed by atoms with Gasteiger partial charge in [0.2, 0.25) is 0 Å². The summed E-state index contributed by atoms with van der Waals surface area (Å²) in [6.07, 6.45) is 6.89. The first-order valence-corrected chi connectivity index (χ1v) is 12.0. The Balaban J connectivity index is 2.14. The van der Waals surface area contributed by atoms with E-state index >= 15 is 0 Å². The van der Waals surface area contributed by atoms with Crippen molar-refractivity contribution in [3.05, 3.63) is 23.8 Å². The Kier molecular flexibility index (Phi) is 10.1. The van der Waals surface area contributed by atoms with Crippen LogP contribution in [0, 0.1) is 6.92 Å². The van der Waals surface area contributed by atoms with Gasteiger partial charge in [-0.1, -0.05) is 38.4 Å². The quantitative estimate of drug-likeness (QED) is 0.327. The normalized spacial score (nSPS) is 13.4. The predicted molar refractivity (Wildman–Crippen MR) is 131 cm³/mol. The minimum Gasteiger partial charge on any atom is -0.375 e. The second kappa shape index (κ2) is 12.3. The summed E-state index contributed by atoms with van der Waals surface area (Å²) in [6.45, 7) is 9.99. The van der Waals surface area contributed by atoms with Gasteiger partial charge in [0.05, 0.1) is 5.69 Å². The van der Waals surface area contributed by atoms with E-state index in [1.165, 1.54) is 37.6 Å². The average Bonchev–Trinajstić information content (AvgIpc) is 3.26. The SMILES string of the molecule is CCCCCCNC(=O)N(SC(=S)N1CCCC1)c1ccc(N(C)CC)cc1C. The van der Waals surface area contributed by atoms with Crippen LogP contribution in [-0.4, -0.2) is 48.5 Å². The summed E-state index contributed by atoms with van der Waals surface area (Å²) < 4.78 is 2.52. The first-order valence-electron chi connectivity index (χ1n) is 10.8. The predicted octanol–water partition coefficient (Wildman–Crippen LogP) is 5.58. The van der Waals surface area contributed by atoms with Gasteiger partial charge in [0, 0.05) is 50.9 Å². The molecule has 0 bridgehead atoms. The third kappa shape index (κ3) is 7.07. The van der Waals surface area contributed by atoms with E-state index in [4.69, 9.17) is 12.2 Å². The van der Waals surface area contributed by atoms with Gasteiger partial charge in [-0.3, -0.25) is 0 Å². The number of nitrogens with one attached hydrogen (secondary N) is 1. The number of rotatable bonds is 8. The van der Waals surface area contributed by atoms with E-state index in [1.54, 1.807) is 4.31 Å². The molecule has 162 valence electrons. The molecule has 5 nitrogen and oxygen atoms in total. The second-order valence-electron chi connectivity index (χ2n) is 7.62. The molecule has 0 radical (unpaired) electrons. The maximum Gasteiger partial charge on any atom is 0.332 e. The molecule has 0 aliphatic carbocycles. The summed E-state index contributed by atoms with van der Waals surface area (Å²) in [7, 11) is 2.08. The highest BCUT2D eigenvalue weighted by molar-refractivity contribution is 8.24. The fourth-order valence-electron chi connectivity index (χ4n) is 3.34. The van der Waals surface area contributed by atoms with Crippen molar-refractivity contribution in [2.75, 3.05) is 42.4 Å². The van der Waals surface area contributed by atoms with Crippen molar-refractivity contribution < 1.29 is 4.79 Å². The van der Waals surface area contributed by atoms with Crippen LogP contribution in [-0.2, 0) is 0 Å². The highest BCUT2D eigenvalue weighted by Gasteiger charge is 2.24. The molecule has 2 amide bonds. The Bertz CT molecular complexity index is 677. The number of likely N-dealkylation sites (tertiary alicyclic amines) is 1. The molecule has 0 saturated carbocycles. The van der Waals surface area contributed by atoms with Crippen molar-refractivity contribution in [2.24, 2.45) is 0 Å². The summed E-state index contributed by atoms with van der Waals surface area (Å²) in [5.74, 6) is 0. The number of anilines is 2. The number of benzene rings is 1. The molecule has 29 heavy (non-hydrogen) atoms. The van der Waals surface area contributed by atoms with Crippen molar-refractivity contribution >= 4 is 45.9 Å². The number of carbonyl (C=O) groups is 1. The van der Waals surface area contributed by atoms with Gasteiger partial charge < -0.3 is 15.1 Å². The van der Waals surface area contributed by atoms with Gasteiger partial charge in [0.1, 0.15) is 0 Å². The monoisotopic (exact) mass is 436 g/mol. The number of amides is 2. The van der Waals surface area contributed by atoms with Gasteiger partial charge in [-0.25, -0.2) is 9.10 Å². The number of nitrogens with zero attached hydrogens (tertiary/aromatic N) is 3. The number of hydrogen-bond acceptors (Lipinski definition) is 4. The zero-order valence-corrected chi connectivity index (χ0v) is 20.0. The van der Waals surface area contributed by atoms with Gasteiger partial charge in [0.25, 0.3) is 0 Å². The van der Waals surface area contributed by atoms with E-state index < -0.39 is 0 Å². The van der Waals surface area contributed by atoms with E-state index in [-0.39, 0.29) is 6.03 Å². The second-order valence-corrected chi connectivity index (χ2v) is 9.20. The van der Waals surface area contributed by atoms with E-state index in [9.17, 15) is 4.79 Å². The Hall–Kier alpha value is -1.47. The molecule has 0 atom stereocenters. The van der Waals surface area contributed by atoms with Gasteiger partial charge in [-0.2, -0.15) is 0 Å². The molecule has 7 heteroatoms. The van der Waals surface area contributed by atoms with Crippen LogP contribution in [0.4, 0.5) is 16.2 Å². The number of thiocarbonyl (C=S) groups is 1. The first kappa shape index (κ1) is 23.8. The van der Waals surface area contributed by atoms with E-state index in [1.807, 2.05) is 6.07 Å². The molecule has 0 unspecified atom stereocenters. The number of urea groups is 1. The fourth-order valence-corrected chi connectivity index (χ4v) is 4.65. The van der Waals surface area contributed by atoms with Crippen molar-refractivity contribution in [3.8, 4) is 0 Å². The Labute approximate surface area is 186 Å².